The number of hydrogen-bond acceptors (Lipinski definition) is 5. The summed E-state index contributed by atoms with van der Waals surface area (Å²) < 4.78 is 0. The van der Waals surface area contributed by atoms with Gasteiger partial charge >= 0.3 is 0 Å². The molecule has 1 aliphatic heterocycles. The maximum Gasteiger partial charge on any atom is 0.225 e. The van der Waals surface area contributed by atoms with Gasteiger partial charge in [0, 0.05) is 37.3 Å². The zero-order valence-electron chi connectivity index (χ0n) is 26.0. The van der Waals surface area contributed by atoms with Crippen molar-refractivity contribution in [3.8, 4) is 0 Å². The first kappa shape index (κ1) is 33.3. The lowest BCUT2D eigenvalue weighted by molar-refractivity contribution is -0.132. The van der Waals surface area contributed by atoms with E-state index in [0.717, 1.165) is 21.9 Å². The first-order valence-corrected chi connectivity index (χ1v) is 15.8. The van der Waals surface area contributed by atoms with Crippen LogP contribution in [0.4, 0.5) is 0 Å². The number of rotatable bonds is 16. The normalized spacial score (nSPS) is 16.7. The number of Topliss-reactive ketones (excluding diaryl/α,β-unsaturated/α-hetero) is 1. The maximum absolute atomic E-state index is 14.0. The number of amides is 3. The molecule has 0 radical (unpaired) electrons. The van der Waals surface area contributed by atoms with E-state index in [2.05, 4.69) is 16.0 Å². The quantitative estimate of drug-likeness (QED) is 0.163. The molecule has 0 unspecified atom stereocenters. The van der Waals surface area contributed by atoms with Crippen LogP contribution in [0.25, 0.3) is 10.8 Å². The first-order valence-electron chi connectivity index (χ1n) is 15.8. The van der Waals surface area contributed by atoms with Crippen molar-refractivity contribution >= 4 is 40.6 Å². The lowest BCUT2D eigenvalue weighted by Gasteiger charge is -2.25. The molecule has 45 heavy (non-hydrogen) atoms. The summed E-state index contributed by atoms with van der Waals surface area (Å²) in [5.41, 5.74) is 1.78. The molecule has 1 heterocycles. The minimum absolute atomic E-state index is 0.0565. The van der Waals surface area contributed by atoms with Gasteiger partial charge in [-0.15, -0.1) is 0 Å². The molecule has 0 aliphatic carbocycles. The molecule has 236 valence electrons. The van der Waals surface area contributed by atoms with Crippen LogP contribution in [0.5, 0.6) is 0 Å². The van der Waals surface area contributed by atoms with Crippen LogP contribution in [-0.4, -0.2) is 48.4 Å². The number of aldehydes is 1. The van der Waals surface area contributed by atoms with Gasteiger partial charge in [0.1, 0.15) is 6.29 Å². The van der Waals surface area contributed by atoms with Crippen LogP contribution in [0.2, 0.25) is 0 Å². The van der Waals surface area contributed by atoms with Gasteiger partial charge in [0.25, 0.3) is 0 Å². The smallest absolute Gasteiger partial charge is 0.225 e. The number of nitrogens with one attached hydrogen (secondary N) is 3. The minimum atomic E-state index is -0.831. The van der Waals surface area contributed by atoms with Crippen LogP contribution in [0.1, 0.15) is 50.7 Å². The Morgan fingerprint density at radius 1 is 0.956 bits per heavy atom. The molecule has 8 nitrogen and oxygen atoms in total. The molecule has 3 aromatic rings. The lowest BCUT2D eigenvalue weighted by Crippen LogP contribution is -2.46. The van der Waals surface area contributed by atoms with E-state index in [9.17, 15) is 24.0 Å². The number of fused-ring (bicyclic) bond motifs is 1. The molecule has 0 spiro atoms. The molecule has 1 fully saturated rings. The molecule has 1 saturated heterocycles. The molecule has 3 aromatic carbocycles. The predicted molar refractivity (Wildman–Crippen MR) is 175 cm³/mol. The molecule has 0 aromatic heterocycles. The summed E-state index contributed by atoms with van der Waals surface area (Å²) in [6, 6.07) is 21.8. The van der Waals surface area contributed by atoms with Crippen molar-refractivity contribution < 1.29 is 24.0 Å². The maximum atomic E-state index is 14.0. The third kappa shape index (κ3) is 9.96. The van der Waals surface area contributed by atoms with Crippen molar-refractivity contribution in [3.05, 3.63) is 96.1 Å². The van der Waals surface area contributed by atoms with Gasteiger partial charge in [-0.1, -0.05) is 92.7 Å². The highest BCUT2D eigenvalue weighted by Crippen LogP contribution is 2.23. The highest BCUT2D eigenvalue weighted by atomic mass is 16.2. The van der Waals surface area contributed by atoms with E-state index in [1.54, 1.807) is 6.08 Å². The molecule has 4 rings (SSSR count). The third-order valence-corrected chi connectivity index (χ3v) is 8.26. The summed E-state index contributed by atoms with van der Waals surface area (Å²) in [6.07, 6.45) is 5.41. The Morgan fingerprint density at radius 2 is 1.69 bits per heavy atom. The molecule has 3 amide bonds. The fourth-order valence-electron chi connectivity index (χ4n) is 6.04. The second kappa shape index (κ2) is 16.5. The molecular formula is C37H43N3O5. The van der Waals surface area contributed by atoms with E-state index < -0.39 is 18.0 Å². The van der Waals surface area contributed by atoms with Gasteiger partial charge in [-0.25, -0.2) is 0 Å². The molecule has 1 aliphatic rings. The van der Waals surface area contributed by atoms with Gasteiger partial charge in [-0.3, -0.25) is 24.0 Å². The molecule has 8 heteroatoms. The van der Waals surface area contributed by atoms with Gasteiger partial charge in [0.05, 0.1) is 12.5 Å². The van der Waals surface area contributed by atoms with E-state index in [4.69, 9.17) is 0 Å². The Bertz CT molecular complexity index is 1510. The first-order chi connectivity index (χ1) is 21.7. The molecule has 4 atom stereocenters. The largest absolute Gasteiger partial charge is 0.356 e. The number of carbonyl (C=O) groups is 5. The van der Waals surface area contributed by atoms with Gasteiger partial charge in [0.15, 0.2) is 5.78 Å². The predicted octanol–water partition coefficient (Wildman–Crippen LogP) is 4.50. The van der Waals surface area contributed by atoms with Crippen LogP contribution >= 0.6 is 0 Å². The monoisotopic (exact) mass is 609 g/mol. The third-order valence-electron chi connectivity index (χ3n) is 8.26. The number of benzene rings is 3. The van der Waals surface area contributed by atoms with Crippen molar-refractivity contribution in [1.82, 2.24) is 16.0 Å². The SMILES string of the molecule is CC(C)C[C@H](CC(=O)[C@H](Cc1cccc2ccccc12)NC(=O)Cc1ccccc1)C(=O)N[C@H](/C=C/C=O)C[C@@H]1CCNC1=O. The van der Waals surface area contributed by atoms with E-state index in [-0.39, 0.29) is 54.6 Å². The Balaban J connectivity index is 1.54. The lowest BCUT2D eigenvalue weighted by atomic mass is 9.87. The van der Waals surface area contributed by atoms with Crippen molar-refractivity contribution in [3.63, 3.8) is 0 Å². The average Bonchev–Trinajstić information content (AvgIpc) is 3.43. The highest BCUT2D eigenvalue weighted by Gasteiger charge is 2.31. The molecule has 0 saturated carbocycles. The van der Waals surface area contributed by atoms with Gasteiger partial charge in [-0.05, 0) is 53.2 Å². The van der Waals surface area contributed by atoms with Crippen molar-refractivity contribution in [2.24, 2.45) is 17.8 Å². The summed E-state index contributed by atoms with van der Waals surface area (Å²) >= 11 is 0. The van der Waals surface area contributed by atoms with Crippen LogP contribution < -0.4 is 16.0 Å². The van der Waals surface area contributed by atoms with E-state index >= 15 is 0 Å². The Hall–Kier alpha value is -4.59. The zero-order valence-corrected chi connectivity index (χ0v) is 26.0. The number of carbonyl (C=O) groups excluding carboxylic acids is 5. The molecule has 0 bridgehead atoms. The summed E-state index contributed by atoms with van der Waals surface area (Å²) in [4.78, 5) is 64.2. The summed E-state index contributed by atoms with van der Waals surface area (Å²) in [7, 11) is 0. The summed E-state index contributed by atoms with van der Waals surface area (Å²) in [6.45, 7) is 4.57. The highest BCUT2D eigenvalue weighted by molar-refractivity contribution is 5.94. The fraction of sp³-hybridized carbons (Fsp3) is 0.378. The van der Waals surface area contributed by atoms with Crippen LogP contribution in [0, 0.1) is 17.8 Å². The number of hydrogen-bond donors (Lipinski definition) is 3. The summed E-state index contributed by atoms with van der Waals surface area (Å²) in [5, 5.41) is 10.8. The fourth-order valence-corrected chi connectivity index (χ4v) is 6.04. The van der Waals surface area contributed by atoms with Gasteiger partial charge in [0.2, 0.25) is 17.7 Å². The Labute approximate surface area is 265 Å². The summed E-state index contributed by atoms with van der Waals surface area (Å²) in [5.74, 6) is -1.65. The minimum Gasteiger partial charge on any atom is -0.356 e. The number of allylic oxidation sites excluding steroid dienone is 1. The van der Waals surface area contributed by atoms with Crippen LogP contribution in [0.15, 0.2) is 84.9 Å². The van der Waals surface area contributed by atoms with Crippen LogP contribution in [-0.2, 0) is 36.8 Å². The second-order valence-corrected chi connectivity index (χ2v) is 12.3. The van der Waals surface area contributed by atoms with Crippen LogP contribution in [0.3, 0.4) is 0 Å². The standard InChI is InChI=1S/C37H43N3O5/c1-25(2)20-30(37(45)39-31(15-9-19-41)22-29-17-18-38-36(29)44)24-34(42)33(40-35(43)21-26-10-4-3-5-11-26)23-28-14-8-13-27-12-6-7-16-32(27)28/h3-16,19,25,29-31,33H,17-18,20-24H2,1-2H3,(H,38,44)(H,39,45)(H,40,43)/b15-9+/t29-,30+,31+,33-/m0/s1. The van der Waals surface area contributed by atoms with E-state index in [1.807, 2.05) is 86.6 Å². The van der Waals surface area contributed by atoms with Crippen molar-refractivity contribution in [2.75, 3.05) is 6.54 Å². The Morgan fingerprint density at radius 3 is 2.40 bits per heavy atom. The van der Waals surface area contributed by atoms with Gasteiger partial charge < -0.3 is 16.0 Å². The van der Waals surface area contributed by atoms with E-state index in [1.165, 1.54) is 6.08 Å². The molecular weight excluding hydrogens is 566 g/mol. The molecule has 3 N–H and O–H groups in total. The number of ketones is 1. The van der Waals surface area contributed by atoms with Gasteiger partial charge in [-0.2, -0.15) is 0 Å². The van der Waals surface area contributed by atoms with Crippen molar-refractivity contribution in [1.29, 1.82) is 0 Å². The average molecular weight is 610 g/mol. The van der Waals surface area contributed by atoms with Crippen molar-refractivity contribution in [2.45, 2.75) is 64.5 Å². The Kier molecular flexibility index (Phi) is 12.2. The topological polar surface area (TPSA) is 121 Å². The second-order valence-electron chi connectivity index (χ2n) is 12.3. The zero-order chi connectivity index (χ0) is 32.2. The van der Waals surface area contributed by atoms with E-state index in [0.29, 0.717) is 32.1 Å².